The largest absolute Gasteiger partial charge is 0.444 e. The Morgan fingerprint density at radius 1 is 1.36 bits per heavy atom. The normalized spacial score (nSPS) is 13.1. The monoisotopic (exact) mass is 303 g/mol. The van der Waals surface area contributed by atoms with E-state index in [0.29, 0.717) is 13.0 Å². The highest BCUT2D eigenvalue weighted by Crippen LogP contribution is 2.17. The molecule has 5 nitrogen and oxygen atoms in total. The van der Waals surface area contributed by atoms with E-state index in [4.69, 9.17) is 10.5 Å². The van der Waals surface area contributed by atoms with E-state index in [1.165, 1.54) is 10.9 Å². The number of hydrogen-bond donors (Lipinski definition) is 2. The van der Waals surface area contributed by atoms with Crippen LogP contribution in [-0.2, 0) is 18.2 Å². The van der Waals surface area contributed by atoms with Gasteiger partial charge in [-0.25, -0.2) is 4.79 Å². The number of hydrogen-bond acceptors (Lipinski definition) is 3. The number of ether oxygens (including phenoxy) is 1. The summed E-state index contributed by atoms with van der Waals surface area (Å²) in [5.41, 5.74) is 7.95. The number of amides is 1. The summed E-state index contributed by atoms with van der Waals surface area (Å²) in [4.78, 5) is 11.6. The molecule has 0 saturated heterocycles. The van der Waals surface area contributed by atoms with Crippen LogP contribution in [0.15, 0.2) is 30.5 Å². The summed E-state index contributed by atoms with van der Waals surface area (Å²) in [5.74, 6) is 0. The van der Waals surface area contributed by atoms with Crippen LogP contribution in [0.4, 0.5) is 4.79 Å². The Bertz CT molecular complexity index is 655. The maximum absolute atomic E-state index is 11.6. The molecule has 0 aliphatic heterocycles. The predicted octanol–water partition coefficient (Wildman–Crippen LogP) is 2.57. The number of nitrogens with zero attached hydrogens (tertiary/aromatic N) is 1. The van der Waals surface area contributed by atoms with Crippen molar-refractivity contribution in [3.63, 3.8) is 0 Å². The zero-order chi connectivity index (χ0) is 16.3. The minimum atomic E-state index is -0.494. The van der Waals surface area contributed by atoms with Crippen LogP contribution in [0.5, 0.6) is 0 Å². The van der Waals surface area contributed by atoms with E-state index < -0.39 is 11.7 Å². The molecule has 3 N–H and O–H groups in total. The first kappa shape index (κ1) is 16.4. The second-order valence-corrected chi connectivity index (χ2v) is 6.67. The molecule has 5 heteroatoms. The van der Waals surface area contributed by atoms with Gasteiger partial charge in [0.15, 0.2) is 0 Å². The number of alkyl carbamates (subject to hydrolysis) is 1. The molecule has 22 heavy (non-hydrogen) atoms. The molecular weight excluding hydrogens is 278 g/mol. The van der Waals surface area contributed by atoms with Crippen molar-refractivity contribution < 1.29 is 9.53 Å². The topological polar surface area (TPSA) is 69.3 Å². The molecule has 0 aliphatic carbocycles. The summed E-state index contributed by atoms with van der Waals surface area (Å²) < 4.78 is 7.28. The summed E-state index contributed by atoms with van der Waals surface area (Å²) in [6.45, 7) is 5.89. The van der Waals surface area contributed by atoms with E-state index >= 15 is 0 Å². The fraction of sp³-hybridized carbons (Fsp3) is 0.471. The molecule has 1 amide bonds. The molecule has 120 valence electrons. The van der Waals surface area contributed by atoms with E-state index in [1.54, 1.807) is 0 Å². The van der Waals surface area contributed by atoms with Gasteiger partial charge in [0, 0.05) is 31.3 Å². The molecule has 0 fully saturated rings. The van der Waals surface area contributed by atoms with Gasteiger partial charge in [0.25, 0.3) is 0 Å². The summed E-state index contributed by atoms with van der Waals surface area (Å²) in [6, 6.07) is 8.25. The van der Waals surface area contributed by atoms with Gasteiger partial charge in [-0.1, -0.05) is 12.1 Å². The highest BCUT2D eigenvalue weighted by molar-refractivity contribution is 5.80. The van der Waals surface area contributed by atoms with Crippen molar-refractivity contribution in [2.75, 3.05) is 6.54 Å². The minimum Gasteiger partial charge on any atom is -0.444 e. The van der Waals surface area contributed by atoms with Crippen LogP contribution in [0.25, 0.3) is 10.9 Å². The number of aryl methyl sites for hydroxylation is 1. The lowest BCUT2D eigenvalue weighted by Gasteiger charge is -2.20. The highest BCUT2D eigenvalue weighted by atomic mass is 16.6. The number of fused-ring (bicyclic) bond motifs is 1. The molecule has 0 spiro atoms. The van der Waals surface area contributed by atoms with Gasteiger partial charge in [-0.15, -0.1) is 0 Å². The van der Waals surface area contributed by atoms with Crippen molar-refractivity contribution in [3.8, 4) is 0 Å². The predicted molar refractivity (Wildman–Crippen MR) is 88.8 cm³/mol. The zero-order valence-corrected chi connectivity index (χ0v) is 13.7. The van der Waals surface area contributed by atoms with Crippen LogP contribution in [0.1, 0.15) is 26.3 Å². The first-order valence-corrected chi connectivity index (χ1v) is 7.51. The highest BCUT2D eigenvalue weighted by Gasteiger charge is 2.16. The van der Waals surface area contributed by atoms with Gasteiger partial charge < -0.3 is 20.4 Å². The molecule has 1 aromatic heterocycles. The van der Waals surface area contributed by atoms with Crippen LogP contribution >= 0.6 is 0 Å². The average molecular weight is 303 g/mol. The number of carbonyl (C=O) groups excluding carboxylic acids is 1. The van der Waals surface area contributed by atoms with Gasteiger partial charge in [-0.2, -0.15) is 0 Å². The van der Waals surface area contributed by atoms with Crippen molar-refractivity contribution in [2.24, 2.45) is 12.8 Å². The average Bonchev–Trinajstić information content (AvgIpc) is 2.76. The second-order valence-electron chi connectivity index (χ2n) is 6.67. The van der Waals surface area contributed by atoms with Gasteiger partial charge in [0.1, 0.15) is 5.60 Å². The Balaban J connectivity index is 1.89. The van der Waals surface area contributed by atoms with E-state index in [2.05, 4.69) is 34.1 Å². The van der Waals surface area contributed by atoms with Crippen molar-refractivity contribution in [1.82, 2.24) is 9.88 Å². The van der Waals surface area contributed by atoms with Crippen LogP contribution in [0.3, 0.4) is 0 Å². The van der Waals surface area contributed by atoms with Crippen LogP contribution in [-0.4, -0.2) is 28.8 Å². The van der Waals surface area contributed by atoms with Crippen LogP contribution < -0.4 is 11.1 Å². The van der Waals surface area contributed by atoms with Gasteiger partial charge >= 0.3 is 6.09 Å². The van der Waals surface area contributed by atoms with Crippen LogP contribution in [0, 0.1) is 0 Å². The Labute approximate surface area is 131 Å². The van der Waals surface area contributed by atoms with Gasteiger partial charge in [0.05, 0.1) is 0 Å². The molecule has 1 heterocycles. The Morgan fingerprint density at radius 3 is 2.77 bits per heavy atom. The lowest BCUT2D eigenvalue weighted by atomic mass is 10.1. The first-order valence-electron chi connectivity index (χ1n) is 7.51. The lowest BCUT2D eigenvalue weighted by molar-refractivity contribution is 0.0524. The number of aromatic nitrogens is 1. The van der Waals surface area contributed by atoms with Crippen molar-refractivity contribution in [3.05, 3.63) is 36.0 Å². The molecule has 0 saturated carbocycles. The molecule has 2 rings (SSSR count). The van der Waals surface area contributed by atoms with Gasteiger partial charge in [-0.3, -0.25) is 0 Å². The fourth-order valence-electron chi connectivity index (χ4n) is 2.34. The number of nitrogens with two attached hydrogens (primary N) is 1. The molecule has 0 radical (unpaired) electrons. The van der Waals surface area contributed by atoms with Crippen molar-refractivity contribution in [2.45, 2.75) is 38.8 Å². The van der Waals surface area contributed by atoms with E-state index in [0.717, 1.165) is 5.56 Å². The third-order valence-corrected chi connectivity index (χ3v) is 3.36. The van der Waals surface area contributed by atoms with Crippen LogP contribution in [0.2, 0.25) is 0 Å². The van der Waals surface area contributed by atoms with Gasteiger partial charge in [0.2, 0.25) is 0 Å². The van der Waals surface area contributed by atoms with Crippen molar-refractivity contribution >= 4 is 17.0 Å². The standard InChI is InChI=1S/C17H25N3O2/c1-17(2,3)22-16(21)19-11-14(18)9-12-5-6-13-7-8-20(4)15(13)10-12/h5-8,10,14H,9,11,18H2,1-4H3,(H,19,21). The molecule has 0 bridgehead atoms. The third-order valence-electron chi connectivity index (χ3n) is 3.36. The SMILES string of the molecule is Cn1ccc2ccc(CC(N)CNC(=O)OC(C)(C)C)cc21. The number of carbonyl (C=O) groups is 1. The maximum Gasteiger partial charge on any atom is 0.407 e. The first-order chi connectivity index (χ1) is 10.2. The second kappa shape index (κ2) is 6.40. The van der Waals surface area contributed by atoms with Gasteiger partial charge in [-0.05, 0) is 50.3 Å². The Morgan fingerprint density at radius 2 is 2.09 bits per heavy atom. The fourth-order valence-corrected chi connectivity index (χ4v) is 2.34. The zero-order valence-electron chi connectivity index (χ0n) is 13.7. The molecule has 1 aromatic carbocycles. The summed E-state index contributed by atoms with van der Waals surface area (Å²) in [7, 11) is 2.02. The molecule has 2 aromatic rings. The van der Waals surface area contributed by atoms with E-state index in [9.17, 15) is 4.79 Å². The van der Waals surface area contributed by atoms with Crippen molar-refractivity contribution in [1.29, 1.82) is 0 Å². The summed E-state index contributed by atoms with van der Waals surface area (Å²) >= 11 is 0. The molecular formula is C17H25N3O2. The summed E-state index contributed by atoms with van der Waals surface area (Å²) in [6.07, 6.45) is 2.32. The smallest absolute Gasteiger partial charge is 0.407 e. The molecule has 0 aliphatic rings. The Hall–Kier alpha value is -2.01. The lowest BCUT2D eigenvalue weighted by Crippen LogP contribution is -2.41. The van der Waals surface area contributed by atoms with E-state index in [-0.39, 0.29) is 6.04 Å². The Kier molecular flexibility index (Phi) is 4.76. The molecule has 1 unspecified atom stereocenters. The number of nitrogens with one attached hydrogen (secondary N) is 1. The quantitative estimate of drug-likeness (QED) is 0.912. The minimum absolute atomic E-state index is 0.148. The number of rotatable bonds is 4. The molecule has 1 atom stereocenters. The number of benzene rings is 1. The third kappa shape index (κ3) is 4.49. The summed E-state index contributed by atoms with van der Waals surface area (Å²) in [5, 5.41) is 3.93. The van der Waals surface area contributed by atoms with E-state index in [1.807, 2.05) is 34.0 Å². The maximum atomic E-state index is 11.6.